The fraction of sp³-hybridized carbons (Fsp3) is 0.296. The number of carbonyl (C=O) groups is 1. The number of hydrogen-bond acceptors (Lipinski definition) is 3. The first-order valence-electron chi connectivity index (χ1n) is 11.2. The van der Waals surface area contributed by atoms with E-state index in [9.17, 15) is 13.2 Å². The number of benzene rings is 3. The number of halogens is 1. The third-order valence-electron chi connectivity index (χ3n) is 5.85. The average Bonchev–Trinajstić information content (AvgIpc) is 2.78. The molecule has 0 heterocycles. The van der Waals surface area contributed by atoms with Gasteiger partial charge in [0.15, 0.2) is 0 Å². The van der Waals surface area contributed by atoms with Crippen LogP contribution < -0.4 is 9.62 Å². The van der Waals surface area contributed by atoms with E-state index in [1.807, 2.05) is 50.2 Å². The van der Waals surface area contributed by atoms with Crippen LogP contribution in [-0.4, -0.2) is 27.1 Å². The summed E-state index contributed by atoms with van der Waals surface area (Å²) in [5.74, 6) is -0.134. The van der Waals surface area contributed by atoms with E-state index in [1.54, 1.807) is 25.1 Å². The molecule has 0 fully saturated rings. The number of rotatable bonds is 9. The second kappa shape index (κ2) is 11.1. The molecule has 1 amide bonds. The topological polar surface area (TPSA) is 66.5 Å². The zero-order valence-corrected chi connectivity index (χ0v) is 21.6. The normalized spacial score (nSPS) is 12.3. The summed E-state index contributed by atoms with van der Waals surface area (Å²) in [5.41, 5.74) is 5.53. The summed E-state index contributed by atoms with van der Waals surface area (Å²) < 4.78 is 26.3. The molecule has 0 aliphatic carbocycles. The lowest BCUT2D eigenvalue weighted by Gasteiger charge is -2.25. The minimum Gasteiger partial charge on any atom is -0.345 e. The first-order chi connectivity index (χ1) is 16.1. The lowest BCUT2D eigenvalue weighted by Crippen LogP contribution is -2.33. The average molecular weight is 499 g/mol. The summed E-state index contributed by atoms with van der Waals surface area (Å²) in [7, 11) is -3.53. The van der Waals surface area contributed by atoms with Crippen LogP contribution >= 0.6 is 11.6 Å². The first-order valence-corrected chi connectivity index (χ1v) is 13.4. The zero-order valence-electron chi connectivity index (χ0n) is 20.0. The van der Waals surface area contributed by atoms with Crippen LogP contribution in [0, 0.1) is 20.8 Å². The van der Waals surface area contributed by atoms with Gasteiger partial charge in [0.2, 0.25) is 15.9 Å². The van der Waals surface area contributed by atoms with E-state index >= 15 is 0 Å². The molecule has 0 saturated heterocycles. The Bertz CT molecular complexity index is 1260. The molecule has 0 aliphatic heterocycles. The van der Waals surface area contributed by atoms with Crippen LogP contribution in [0.2, 0.25) is 5.02 Å². The van der Waals surface area contributed by atoms with Gasteiger partial charge >= 0.3 is 0 Å². The molecule has 7 heteroatoms. The van der Waals surface area contributed by atoms with Crippen LogP contribution in [0.25, 0.3) is 0 Å². The Labute approximate surface area is 207 Å². The van der Waals surface area contributed by atoms with Crippen LogP contribution in [0.1, 0.15) is 46.7 Å². The third-order valence-corrected chi connectivity index (χ3v) is 7.44. The summed E-state index contributed by atoms with van der Waals surface area (Å²) in [6, 6.07) is 21.0. The summed E-state index contributed by atoms with van der Waals surface area (Å²) in [6.07, 6.45) is 1.73. The fourth-order valence-corrected chi connectivity index (χ4v) is 5.27. The quantitative estimate of drug-likeness (QED) is 0.410. The Kier molecular flexibility index (Phi) is 8.39. The van der Waals surface area contributed by atoms with Gasteiger partial charge in [-0.2, -0.15) is 0 Å². The van der Waals surface area contributed by atoms with Gasteiger partial charge in [-0.3, -0.25) is 9.10 Å². The summed E-state index contributed by atoms with van der Waals surface area (Å²) >= 11 is 6.20. The van der Waals surface area contributed by atoms with Crippen molar-refractivity contribution in [3.8, 4) is 0 Å². The molecule has 5 nitrogen and oxygen atoms in total. The van der Waals surface area contributed by atoms with Crippen molar-refractivity contribution in [1.82, 2.24) is 5.32 Å². The number of hydrogen-bond donors (Lipinski definition) is 1. The Morgan fingerprint density at radius 3 is 2.35 bits per heavy atom. The predicted octanol–water partition coefficient (Wildman–Crippen LogP) is 5.72. The lowest BCUT2D eigenvalue weighted by molar-refractivity contribution is -0.121. The highest BCUT2D eigenvalue weighted by atomic mass is 35.5. The summed E-state index contributed by atoms with van der Waals surface area (Å²) in [4.78, 5) is 13.0. The lowest BCUT2D eigenvalue weighted by atomic mass is 9.93. The van der Waals surface area contributed by atoms with Crippen molar-refractivity contribution >= 4 is 33.2 Å². The van der Waals surface area contributed by atoms with Gasteiger partial charge in [0.05, 0.1) is 18.0 Å². The van der Waals surface area contributed by atoms with Crippen LogP contribution in [0.3, 0.4) is 0 Å². The maximum absolute atomic E-state index is 13.0. The van der Waals surface area contributed by atoms with E-state index in [-0.39, 0.29) is 24.9 Å². The van der Waals surface area contributed by atoms with E-state index in [2.05, 4.69) is 17.4 Å². The molecule has 3 rings (SSSR count). The number of anilines is 1. The van der Waals surface area contributed by atoms with Gasteiger partial charge in [0.25, 0.3) is 0 Å². The Balaban J connectivity index is 1.75. The summed E-state index contributed by atoms with van der Waals surface area (Å²) in [6.45, 7) is 6.06. The van der Waals surface area contributed by atoms with Crippen molar-refractivity contribution in [2.45, 2.75) is 39.7 Å². The first kappa shape index (κ1) is 25.8. The number of nitrogens with one attached hydrogen (secondary N) is 1. The number of aryl methyl sites for hydroxylation is 2. The van der Waals surface area contributed by atoms with Crippen LogP contribution in [-0.2, 0) is 14.8 Å². The molecule has 180 valence electrons. The van der Waals surface area contributed by atoms with E-state index in [1.165, 1.54) is 10.6 Å². The molecule has 0 spiro atoms. The largest absolute Gasteiger partial charge is 0.345 e. The Morgan fingerprint density at radius 1 is 1.00 bits per heavy atom. The maximum atomic E-state index is 13.0. The molecule has 34 heavy (non-hydrogen) atoms. The van der Waals surface area contributed by atoms with Gasteiger partial charge in [-0.25, -0.2) is 8.42 Å². The molecular weight excluding hydrogens is 468 g/mol. The number of sulfonamides is 1. The highest BCUT2D eigenvalue weighted by Crippen LogP contribution is 2.29. The van der Waals surface area contributed by atoms with Gasteiger partial charge in [-0.05, 0) is 61.6 Å². The van der Waals surface area contributed by atoms with Crippen molar-refractivity contribution < 1.29 is 13.2 Å². The maximum Gasteiger partial charge on any atom is 0.232 e. The van der Waals surface area contributed by atoms with Crippen LogP contribution in [0.5, 0.6) is 0 Å². The number of carbonyl (C=O) groups excluding carboxylic acids is 1. The van der Waals surface area contributed by atoms with Crippen molar-refractivity contribution in [3.05, 3.63) is 99.6 Å². The van der Waals surface area contributed by atoms with Crippen LogP contribution in [0.4, 0.5) is 5.69 Å². The zero-order chi connectivity index (χ0) is 24.9. The Morgan fingerprint density at radius 2 is 1.71 bits per heavy atom. The molecule has 0 aliphatic rings. The highest BCUT2D eigenvalue weighted by Gasteiger charge is 2.22. The Hall–Kier alpha value is -2.83. The molecule has 3 aromatic carbocycles. The van der Waals surface area contributed by atoms with Crippen molar-refractivity contribution in [1.29, 1.82) is 0 Å². The second-order valence-electron chi connectivity index (χ2n) is 8.59. The SMILES string of the molecule is Cc1ccc([C@H](NC(=O)CCCN(c2cccc(Cl)c2C)S(C)(=O)=O)c2ccccc2)c(C)c1. The number of amides is 1. The minimum atomic E-state index is -3.53. The molecule has 1 atom stereocenters. The van der Waals surface area contributed by atoms with Crippen molar-refractivity contribution in [3.63, 3.8) is 0 Å². The minimum absolute atomic E-state index is 0.134. The monoisotopic (exact) mass is 498 g/mol. The van der Waals surface area contributed by atoms with Crippen molar-refractivity contribution in [2.75, 3.05) is 17.1 Å². The van der Waals surface area contributed by atoms with E-state index in [0.717, 1.165) is 22.3 Å². The van der Waals surface area contributed by atoms with Crippen LogP contribution in [0.15, 0.2) is 66.7 Å². The van der Waals surface area contributed by atoms with Gasteiger partial charge < -0.3 is 5.32 Å². The fourth-order valence-electron chi connectivity index (χ4n) is 4.08. The molecule has 0 radical (unpaired) electrons. The van der Waals surface area contributed by atoms with E-state index in [4.69, 9.17) is 11.6 Å². The summed E-state index contributed by atoms with van der Waals surface area (Å²) in [5, 5.41) is 3.66. The number of nitrogens with zero attached hydrogens (tertiary/aromatic N) is 1. The van der Waals surface area contributed by atoms with Gasteiger partial charge in [-0.15, -0.1) is 0 Å². The van der Waals surface area contributed by atoms with E-state index in [0.29, 0.717) is 22.7 Å². The standard InChI is InChI=1S/C27H31ClN2O3S/c1-19-15-16-23(20(2)18-19)27(22-10-6-5-7-11-22)29-26(31)14-9-17-30(34(4,32)33)25-13-8-12-24(28)21(25)3/h5-8,10-13,15-16,18,27H,9,14,17H2,1-4H3,(H,29,31)/t27-/m1/s1. The van der Waals surface area contributed by atoms with Gasteiger partial charge in [-0.1, -0.05) is 71.8 Å². The molecule has 0 aromatic heterocycles. The highest BCUT2D eigenvalue weighted by molar-refractivity contribution is 7.92. The van der Waals surface area contributed by atoms with E-state index < -0.39 is 10.0 Å². The second-order valence-corrected chi connectivity index (χ2v) is 10.9. The third kappa shape index (κ3) is 6.39. The molecule has 3 aromatic rings. The smallest absolute Gasteiger partial charge is 0.232 e. The molecule has 0 bridgehead atoms. The molecular formula is C27H31ClN2O3S. The van der Waals surface area contributed by atoms with Crippen molar-refractivity contribution in [2.24, 2.45) is 0 Å². The van der Waals surface area contributed by atoms with Gasteiger partial charge in [0.1, 0.15) is 0 Å². The predicted molar refractivity (Wildman–Crippen MR) is 140 cm³/mol. The van der Waals surface area contributed by atoms with Gasteiger partial charge in [0, 0.05) is 18.0 Å². The molecule has 0 unspecified atom stereocenters. The molecule has 0 saturated carbocycles. The molecule has 1 N–H and O–H groups in total.